The second-order valence-electron chi connectivity index (χ2n) is 7.96. The van der Waals surface area contributed by atoms with E-state index in [1.54, 1.807) is 0 Å². The lowest BCUT2D eigenvalue weighted by molar-refractivity contribution is 0.433. The molecule has 2 bridgehead atoms. The molecule has 0 atom stereocenters. The Labute approximate surface area is 156 Å². The van der Waals surface area contributed by atoms with Crippen LogP contribution >= 0.6 is 0 Å². The number of hydrogen-bond acceptors (Lipinski definition) is 1. The van der Waals surface area contributed by atoms with Crippen LogP contribution in [-0.4, -0.2) is 16.5 Å². The summed E-state index contributed by atoms with van der Waals surface area (Å²) in [4.78, 5) is 0. The number of nitrogens with zero attached hydrogens (tertiary/aromatic N) is 2. The molecule has 0 saturated carbocycles. The van der Waals surface area contributed by atoms with E-state index in [0.717, 1.165) is 17.3 Å². The highest BCUT2D eigenvalue weighted by atomic mass is 15.2. The van der Waals surface area contributed by atoms with Gasteiger partial charge in [-0.25, -0.2) is 0 Å². The van der Waals surface area contributed by atoms with Crippen LogP contribution in [0.5, 0.6) is 0 Å². The predicted octanol–water partition coefficient (Wildman–Crippen LogP) is 6.16. The van der Waals surface area contributed by atoms with Gasteiger partial charge in [-0.2, -0.15) is 5.10 Å². The first-order valence-electron chi connectivity index (χ1n) is 10.1. The minimum Gasteiger partial charge on any atom is -0.309 e. The maximum atomic E-state index is 5.18. The molecule has 2 nitrogen and oxygen atoms in total. The molecule has 0 spiro atoms. The fourth-order valence-electron chi connectivity index (χ4n) is 5.24. The zero-order chi connectivity index (χ0) is 17.3. The van der Waals surface area contributed by atoms with Crippen molar-refractivity contribution in [2.24, 2.45) is 0 Å². The lowest BCUT2D eigenvalue weighted by Gasteiger charge is -2.40. The minimum absolute atomic E-state index is 0.574. The van der Waals surface area contributed by atoms with Crippen molar-refractivity contribution in [2.45, 2.75) is 50.2 Å². The van der Waals surface area contributed by atoms with Crippen LogP contribution in [0.15, 0.2) is 66.7 Å². The molecule has 0 radical (unpaired) electrons. The van der Waals surface area contributed by atoms with Crippen molar-refractivity contribution >= 4 is 6.85 Å². The van der Waals surface area contributed by atoms with Crippen molar-refractivity contribution in [1.82, 2.24) is 9.69 Å². The molecule has 3 heterocycles. The van der Waals surface area contributed by atoms with Crippen LogP contribution in [0.2, 0.25) is 11.6 Å². The van der Waals surface area contributed by atoms with Gasteiger partial charge in [0.25, 0.3) is 6.85 Å². The zero-order valence-corrected chi connectivity index (χ0v) is 15.2. The highest BCUT2D eigenvalue weighted by Crippen LogP contribution is 2.47. The van der Waals surface area contributed by atoms with E-state index in [9.17, 15) is 0 Å². The zero-order valence-electron chi connectivity index (χ0n) is 15.2. The topological polar surface area (TPSA) is 17.8 Å². The second kappa shape index (κ2) is 6.79. The van der Waals surface area contributed by atoms with Gasteiger partial charge in [-0.15, -0.1) is 0 Å². The Morgan fingerprint density at radius 3 is 1.85 bits per heavy atom. The van der Waals surface area contributed by atoms with Crippen LogP contribution in [0.1, 0.15) is 38.5 Å². The van der Waals surface area contributed by atoms with Crippen LogP contribution in [-0.2, 0) is 0 Å². The van der Waals surface area contributed by atoms with E-state index in [0.29, 0.717) is 6.85 Å². The van der Waals surface area contributed by atoms with Gasteiger partial charge >= 0.3 is 0 Å². The molecule has 5 rings (SSSR count). The highest BCUT2D eigenvalue weighted by molar-refractivity contribution is 6.61. The largest absolute Gasteiger partial charge is 0.309 e. The Bertz CT molecular complexity index is 850. The monoisotopic (exact) mass is 340 g/mol. The molecule has 0 amide bonds. The third-order valence-electron chi connectivity index (χ3n) is 6.42. The van der Waals surface area contributed by atoms with Gasteiger partial charge in [-0.1, -0.05) is 99.2 Å². The van der Waals surface area contributed by atoms with Crippen molar-refractivity contribution in [2.75, 3.05) is 0 Å². The van der Waals surface area contributed by atoms with Crippen molar-refractivity contribution in [3.8, 4) is 22.5 Å². The van der Waals surface area contributed by atoms with E-state index in [-0.39, 0.29) is 0 Å². The predicted molar refractivity (Wildman–Crippen MR) is 109 cm³/mol. The second-order valence-corrected chi connectivity index (χ2v) is 7.96. The normalized spacial score (nSPS) is 22.4. The average molecular weight is 340 g/mol. The Balaban J connectivity index is 1.64. The average Bonchev–Trinajstić information content (AvgIpc) is 3.14. The van der Waals surface area contributed by atoms with Crippen molar-refractivity contribution in [1.29, 1.82) is 0 Å². The van der Waals surface area contributed by atoms with Crippen molar-refractivity contribution in [3.63, 3.8) is 0 Å². The van der Waals surface area contributed by atoms with E-state index in [1.807, 2.05) is 0 Å². The molecule has 1 aromatic heterocycles. The smallest absolute Gasteiger partial charge is 0.290 e. The van der Waals surface area contributed by atoms with Gasteiger partial charge in [-0.3, -0.25) is 0 Å². The molecule has 0 N–H and O–H groups in total. The molecular formula is C23H25BN2. The SMILES string of the molecule is c1ccc(-c2cc(-c3ccccc3)n(B3C4CCCC3CCC4)n2)cc1. The Morgan fingerprint density at radius 2 is 1.27 bits per heavy atom. The molecule has 2 saturated heterocycles. The Kier molecular flexibility index (Phi) is 4.16. The summed E-state index contributed by atoms with van der Waals surface area (Å²) in [6.45, 7) is 0.574. The van der Waals surface area contributed by atoms with Gasteiger partial charge in [0.1, 0.15) is 0 Å². The van der Waals surface area contributed by atoms with Crippen LogP contribution in [0, 0.1) is 0 Å². The fourth-order valence-corrected chi connectivity index (χ4v) is 5.24. The van der Waals surface area contributed by atoms with E-state index in [4.69, 9.17) is 5.10 Å². The number of hydrogen-bond donors (Lipinski definition) is 0. The molecule has 0 unspecified atom stereocenters. The number of aromatic nitrogens is 2. The van der Waals surface area contributed by atoms with Gasteiger partial charge in [0, 0.05) is 5.56 Å². The highest BCUT2D eigenvalue weighted by Gasteiger charge is 2.43. The summed E-state index contributed by atoms with van der Waals surface area (Å²) in [5, 5.41) is 5.18. The molecule has 3 heteroatoms. The molecule has 0 aliphatic carbocycles. The molecule has 2 aromatic carbocycles. The van der Waals surface area contributed by atoms with E-state index < -0.39 is 0 Å². The molecule has 2 fully saturated rings. The summed E-state index contributed by atoms with van der Waals surface area (Å²) < 4.78 is 2.41. The molecule has 130 valence electrons. The van der Waals surface area contributed by atoms with Gasteiger partial charge in [0.05, 0.1) is 11.4 Å². The van der Waals surface area contributed by atoms with E-state index in [1.165, 1.54) is 55.3 Å². The van der Waals surface area contributed by atoms with Crippen molar-refractivity contribution in [3.05, 3.63) is 66.7 Å². The summed E-state index contributed by atoms with van der Waals surface area (Å²) in [5.41, 5.74) is 4.89. The Morgan fingerprint density at radius 1 is 0.731 bits per heavy atom. The summed E-state index contributed by atoms with van der Waals surface area (Å²) in [5.74, 6) is 1.60. The van der Waals surface area contributed by atoms with Crippen LogP contribution < -0.4 is 0 Å². The Hall–Kier alpha value is -2.29. The number of benzene rings is 2. The van der Waals surface area contributed by atoms with Crippen molar-refractivity contribution < 1.29 is 0 Å². The molecule has 2 aliphatic heterocycles. The van der Waals surface area contributed by atoms with Gasteiger partial charge in [0.15, 0.2) is 0 Å². The van der Waals surface area contributed by atoms with E-state index >= 15 is 0 Å². The third kappa shape index (κ3) is 2.80. The van der Waals surface area contributed by atoms with Gasteiger partial charge in [-0.05, 0) is 23.3 Å². The third-order valence-corrected chi connectivity index (χ3v) is 6.42. The molecule has 2 aliphatic rings. The van der Waals surface area contributed by atoms with Gasteiger partial charge < -0.3 is 4.59 Å². The summed E-state index contributed by atoms with van der Waals surface area (Å²) in [6, 6.07) is 23.7. The van der Waals surface area contributed by atoms with E-state index in [2.05, 4.69) is 71.3 Å². The first-order chi connectivity index (χ1) is 12.9. The maximum Gasteiger partial charge on any atom is 0.290 e. The number of rotatable bonds is 3. The minimum atomic E-state index is 0.574. The first kappa shape index (κ1) is 15.9. The van der Waals surface area contributed by atoms with Crippen LogP contribution in [0.4, 0.5) is 0 Å². The maximum absolute atomic E-state index is 5.18. The quantitative estimate of drug-likeness (QED) is 0.522. The summed E-state index contributed by atoms with van der Waals surface area (Å²) in [7, 11) is 0. The van der Waals surface area contributed by atoms with Crippen LogP contribution in [0.3, 0.4) is 0 Å². The van der Waals surface area contributed by atoms with Gasteiger partial charge in [0.2, 0.25) is 0 Å². The lowest BCUT2D eigenvalue weighted by atomic mass is 9.34. The summed E-state index contributed by atoms with van der Waals surface area (Å²) >= 11 is 0. The number of fused-ring (bicyclic) bond motifs is 2. The standard InChI is InChI=1S/C23H25BN2/c1-3-9-18(10-4-1)22-17-23(19-11-5-2-6-12-19)26(25-22)24-20-13-7-14-21(24)16-8-15-20/h1-6,9-12,17,20-21H,7-8,13-16H2. The molecule has 26 heavy (non-hydrogen) atoms. The molecular weight excluding hydrogens is 315 g/mol. The summed E-state index contributed by atoms with van der Waals surface area (Å²) in [6.07, 6.45) is 8.29. The van der Waals surface area contributed by atoms with Crippen LogP contribution in [0.25, 0.3) is 22.5 Å². The first-order valence-corrected chi connectivity index (χ1v) is 10.1. The molecule has 3 aromatic rings. The lowest BCUT2D eigenvalue weighted by Crippen LogP contribution is -2.42. The fraction of sp³-hybridized carbons (Fsp3) is 0.348.